The Morgan fingerprint density at radius 1 is 1.33 bits per heavy atom. The van der Waals surface area contributed by atoms with Crippen LogP contribution in [0.4, 0.5) is 0 Å². The summed E-state index contributed by atoms with van der Waals surface area (Å²) in [4.78, 5) is 29.1. The predicted molar refractivity (Wildman–Crippen MR) is 102 cm³/mol. The van der Waals surface area contributed by atoms with E-state index < -0.39 is 22.6 Å². The Labute approximate surface area is 158 Å². The van der Waals surface area contributed by atoms with E-state index in [4.69, 9.17) is 4.74 Å². The molecule has 0 amide bonds. The number of fused-ring (bicyclic) bond motifs is 5. The summed E-state index contributed by atoms with van der Waals surface area (Å²) < 4.78 is 4.53. The van der Waals surface area contributed by atoms with E-state index in [2.05, 4.69) is 4.98 Å². The molecule has 1 aromatic carbocycles. The van der Waals surface area contributed by atoms with Gasteiger partial charge in [-0.1, -0.05) is 24.3 Å². The quantitative estimate of drug-likeness (QED) is 0.363. The number of aromatic amines is 1. The number of nitrogens with one attached hydrogen (secondary N) is 1. The maximum Gasteiger partial charge on any atom is 0.315 e. The molecule has 0 radical (unpaired) electrons. The molecule has 2 aromatic rings. The smallest absolute Gasteiger partial charge is 0.315 e. The van der Waals surface area contributed by atoms with Crippen LogP contribution in [0.1, 0.15) is 29.4 Å². The van der Waals surface area contributed by atoms with Crippen molar-refractivity contribution in [1.29, 1.82) is 0 Å². The lowest BCUT2D eigenvalue weighted by Crippen LogP contribution is -2.62. The predicted octanol–water partition coefficient (Wildman–Crippen LogP) is 2.98. The Morgan fingerprint density at radius 2 is 2.07 bits per heavy atom. The van der Waals surface area contributed by atoms with Gasteiger partial charge in [-0.3, -0.25) is 9.59 Å². The number of quaternary nitrogens is 1. The highest BCUT2D eigenvalue weighted by atomic mass is 16.5. The first-order chi connectivity index (χ1) is 12.9. The molecular formula is C21H24N2O4. The standard InChI is InChI=1S/C21H24N2O4/c1-4-12-11-23(2,26)17-9-15-13-7-5-6-8-16(13)22-20(15)18(24)10-14(12)19(17)21(25)27-3/h4-8,14,17,19,22H,9-11H2,1-3H3/b12-4-/t14-,17+,19+,23-/m1/s1. The number of likely N-dealkylation sites (tertiary alicyclic amines) is 1. The number of rotatable bonds is 1. The van der Waals surface area contributed by atoms with Gasteiger partial charge in [0.2, 0.25) is 0 Å². The number of ketones is 1. The number of nitrogens with zero attached hydrogens (tertiary/aromatic N) is 1. The van der Waals surface area contributed by atoms with Crippen LogP contribution in [0.3, 0.4) is 0 Å². The number of carbonyl (C=O) groups is 2. The summed E-state index contributed by atoms with van der Waals surface area (Å²) >= 11 is 0. The van der Waals surface area contributed by atoms with Crippen LogP contribution < -0.4 is 0 Å². The zero-order chi connectivity index (χ0) is 19.3. The van der Waals surface area contributed by atoms with Gasteiger partial charge in [0.15, 0.2) is 5.78 Å². The maximum absolute atomic E-state index is 13.5. The highest BCUT2D eigenvalue weighted by Gasteiger charge is 2.51. The minimum atomic E-state index is -0.622. The van der Waals surface area contributed by atoms with Crippen molar-refractivity contribution in [1.82, 2.24) is 4.98 Å². The normalized spacial score (nSPS) is 32.1. The van der Waals surface area contributed by atoms with Crippen LogP contribution in [0.25, 0.3) is 10.9 Å². The maximum atomic E-state index is 13.5. The molecule has 1 fully saturated rings. The lowest BCUT2D eigenvalue weighted by Gasteiger charge is -2.54. The Hall–Kier alpha value is -2.44. The number of allylic oxidation sites excluding steroid dienone is 1. The number of aromatic nitrogens is 1. The van der Waals surface area contributed by atoms with Crippen molar-refractivity contribution in [3.8, 4) is 0 Å². The fraction of sp³-hybridized carbons (Fsp3) is 0.429. The van der Waals surface area contributed by atoms with E-state index in [0.29, 0.717) is 18.7 Å². The Kier molecular flexibility index (Phi) is 4.20. The lowest BCUT2D eigenvalue weighted by atomic mass is 9.70. The molecule has 1 saturated heterocycles. The highest BCUT2D eigenvalue weighted by Crippen LogP contribution is 2.44. The van der Waals surface area contributed by atoms with Gasteiger partial charge in [0.25, 0.3) is 0 Å². The number of piperidine rings is 1. The number of hydroxylamine groups is 3. The van der Waals surface area contributed by atoms with Crippen molar-refractivity contribution in [3.63, 3.8) is 0 Å². The first-order valence-electron chi connectivity index (χ1n) is 9.29. The number of benzene rings is 1. The summed E-state index contributed by atoms with van der Waals surface area (Å²) in [6.07, 6.45) is 2.46. The molecule has 0 spiro atoms. The van der Waals surface area contributed by atoms with Gasteiger partial charge in [0, 0.05) is 29.7 Å². The topological polar surface area (TPSA) is 82.2 Å². The van der Waals surface area contributed by atoms with Gasteiger partial charge in [-0.05, 0) is 24.1 Å². The SMILES string of the molecule is C/C=C1/C[N@@+](C)([O-])[C@H]2Cc3c([nH]c4ccccc34)C(=O)C[C@H]1[C@@H]2C(=O)OC. The molecule has 2 heterocycles. The zero-order valence-corrected chi connectivity index (χ0v) is 15.8. The van der Waals surface area contributed by atoms with Gasteiger partial charge in [0.1, 0.15) is 18.5 Å². The Morgan fingerprint density at radius 3 is 2.78 bits per heavy atom. The van der Waals surface area contributed by atoms with Crippen LogP contribution in [0.5, 0.6) is 0 Å². The van der Waals surface area contributed by atoms with Gasteiger partial charge in [0.05, 0.1) is 19.9 Å². The summed E-state index contributed by atoms with van der Waals surface area (Å²) in [7, 11) is 2.97. The number of esters is 1. The van der Waals surface area contributed by atoms with Crippen LogP contribution in [0, 0.1) is 17.0 Å². The van der Waals surface area contributed by atoms with Crippen LogP contribution in [0.15, 0.2) is 35.9 Å². The third-order valence-electron chi connectivity index (χ3n) is 6.28. The molecule has 6 heteroatoms. The van der Waals surface area contributed by atoms with E-state index >= 15 is 0 Å². The highest BCUT2D eigenvalue weighted by molar-refractivity contribution is 6.03. The van der Waals surface area contributed by atoms with Gasteiger partial charge in [-0.15, -0.1) is 0 Å². The number of hydrogen-bond donors (Lipinski definition) is 1. The first kappa shape index (κ1) is 17.9. The fourth-order valence-corrected chi connectivity index (χ4v) is 4.94. The second kappa shape index (κ2) is 6.32. The van der Waals surface area contributed by atoms with Crippen molar-refractivity contribution < 1.29 is 19.0 Å². The van der Waals surface area contributed by atoms with E-state index in [9.17, 15) is 14.8 Å². The summed E-state index contributed by atoms with van der Waals surface area (Å²) in [5.74, 6) is -1.33. The molecule has 1 aliphatic heterocycles. The largest absolute Gasteiger partial charge is 0.633 e. The number of hydrogen-bond acceptors (Lipinski definition) is 4. The third kappa shape index (κ3) is 2.71. The summed E-state index contributed by atoms with van der Waals surface area (Å²) in [5.41, 5.74) is 3.17. The van der Waals surface area contributed by atoms with Crippen LogP contribution in [-0.4, -0.2) is 48.1 Å². The lowest BCUT2D eigenvalue weighted by molar-refractivity contribution is -0.890. The Balaban J connectivity index is 1.94. The molecule has 27 heavy (non-hydrogen) atoms. The molecule has 6 nitrogen and oxygen atoms in total. The molecule has 1 aromatic heterocycles. The number of Topliss-reactive ketones (excluding diaryl/α,β-unsaturated/α-hetero) is 1. The van der Waals surface area contributed by atoms with Gasteiger partial charge >= 0.3 is 5.97 Å². The summed E-state index contributed by atoms with van der Waals surface area (Å²) in [5, 5.41) is 14.4. The molecule has 1 aliphatic carbocycles. The number of likely N-dealkylation sites (N-methyl/N-ethyl adjacent to an activating group) is 1. The number of H-pyrrole nitrogens is 1. The van der Waals surface area contributed by atoms with Crippen molar-refractivity contribution in [2.24, 2.45) is 11.8 Å². The zero-order valence-electron chi connectivity index (χ0n) is 15.8. The molecule has 142 valence electrons. The van der Waals surface area contributed by atoms with Crippen molar-refractivity contribution in [3.05, 3.63) is 52.4 Å². The Bertz CT molecular complexity index is 956. The molecular weight excluding hydrogens is 344 g/mol. The molecule has 0 saturated carbocycles. The molecule has 4 rings (SSSR count). The van der Waals surface area contributed by atoms with Crippen LogP contribution in [0.2, 0.25) is 0 Å². The van der Waals surface area contributed by atoms with Gasteiger partial charge < -0.3 is 19.6 Å². The molecule has 2 bridgehead atoms. The minimum absolute atomic E-state index is 0.0140. The van der Waals surface area contributed by atoms with Gasteiger partial charge in [-0.25, -0.2) is 0 Å². The van der Waals surface area contributed by atoms with Gasteiger partial charge in [-0.2, -0.15) is 0 Å². The van der Waals surface area contributed by atoms with Crippen molar-refractivity contribution >= 4 is 22.7 Å². The fourth-order valence-electron chi connectivity index (χ4n) is 4.94. The average molecular weight is 368 g/mol. The average Bonchev–Trinajstić information content (AvgIpc) is 3.01. The first-order valence-corrected chi connectivity index (χ1v) is 9.29. The molecule has 1 N–H and O–H groups in total. The number of carbonyl (C=O) groups excluding carboxylic acids is 2. The number of ether oxygens (including phenoxy) is 1. The monoisotopic (exact) mass is 368 g/mol. The summed E-state index contributed by atoms with van der Waals surface area (Å²) in [6, 6.07) is 7.24. The van der Waals surface area contributed by atoms with Crippen molar-refractivity contribution in [2.45, 2.75) is 25.8 Å². The van der Waals surface area contributed by atoms with E-state index in [-0.39, 0.29) is 18.1 Å². The molecule has 4 atom stereocenters. The van der Waals surface area contributed by atoms with Crippen LogP contribution in [-0.2, 0) is 16.0 Å². The number of para-hydroxylation sites is 1. The summed E-state index contributed by atoms with van der Waals surface area (Å²) in [6.45, 7) is 2.16. The van der Waals surface area contributed by atoms with E-state index in [1.54, 1.807) is 7.05 Å². The second-order valence-electron chi connectivity index (χ2n) is 7.77. The molecule has 2 aliphatic rings. The third-order valence-corrected chi connectivity index (χ3v) is 6.28. The molecule has 0 unspecified atom stereocenters. The number of methoxy groups -OCH3 is 1. The van der Waals surface area contributed by atoms with E-state index in [0.717, 1.165) is 22.0 Å². The second-order valence-corrected chi connectivity index (χ2v) is 7.77. The van der Waals surface area contributed by atoms with E-state index in [1.807, 2.05) is 37.3 Å². The minimum Gasteiger partial charge on any atom is -0.633 e. The van der Waals surface area contributed by atoms with Crippen LogP contribution >= 0.6 is 0 Å². The van der Waals surface area contributed by atoms with Crippen molar-refractivity contribution in [2.75, 3.05) is 20.7 Å². The van der Waals surface area contributed by atoms with E-state index in [1.165, 1.54) is 7.11 Å².